The number of amides is 3. The van der Waals surface area contributed by atoms with Crippen LogP contribution < -0.4 is 21.7 Å². The van der Waals surface area contributed by atoms with Crippen LogP contribution in [0.2, 0.25) is 0 Å². The Bertz CT molecular complexity index is 1380. The number of hydrogen-bond donors (Lipinski definition) is 7. The van der Waals surface area contributed by atoms with Gasteiger partial charge in [0, 0.05) is 23.5 Å². The summed E-state index contributed by atoms with van der Waals surface area (Å²) < 4.78 is 0. The summed E-state index contributed by atoms with van der Waals surface area (Å²) in [7, 11) is 0. The molecule has 0 aliphatic rings. The molecule has 0 saturated heterocycles. The first-order valence-electron chi connectivity index (χ1n) is 13.7. The summed E-state index contributed by atoms with van der Waals surface area (Å²) in [6.45, 7) is 3.52. The molecule has 11 nitrogen and oxygen atoms in total. The minimum Gasteiger partial charge on any atom is -0.508 e. The molecule has 0 aliphatic heterocycles. The number of carbonyl (C=O) groups excluding carboxylic acids is 3. The summed E-state index contributed by atoms with van der Waals surface area (Å²) in [6.07, 6.45) is 4.10. The van der Waals surface area contributed by atoms with Crippen molar-refractivity contribution in [2.24, 2.45) is 11.7 Å². The van der Waals surface area contributed by atoms with Crippen molar-refractivity contribution in [2.45, 2.75) is 57.3 Å². The van der Waals surface area contributed by atoms with Gasteiger partial charge in [-0.15, -0.1) is 0 Å². The van der Waals surface area contributed by atoms with Gasteiger partial charge < -0.3 is 36.9 Å². The van der Waals surface area contributed by atoms with E-state index >= 15 is 0 Å². The number of carbonyl (C=O) groups is 4. The number of hydrogen-bond acceptors (Lipinski definition) is 7. The largest absolute Gasteiger partial charge is 0.508 e. The highest BCUT2D eigenvalue weighted by Gasteiger charge is 2.32. The van der Waals surface area contributed by atoms with E-state index in [1.54, 1.807) is 32.2 Å². The highest BCUT2D eigenvalue weighted by atomic mass is 32.2. The fourth-order valence-electron chi connectivity index (χ4n) is 4.53. The molecule has 8 N–H and O–H groups in total. The van der Waals surface area contributed by atoms with E-state index in [9.17, 15) is 29.4 Å². The first-order chi connectivity index (χ1) is 20.0. The zero-order chi connectivity index (χ0) is 30.8. The van der Waals surface area contributed by atoms with Gasteiger partial charge in [-0.25, -0.2) is 4.79 Å². The van der Waals surface area contributed by atoms with Crippen LogP contribution in [0.4, 0.5) is 0 Å². The van der Waals surface area contributed by atoms with E-state index in [1.807, 2.05) is 30.5 Å². The lowest BCUT2D eigenvalue weighted by Gasteiger charge is -2.27. The number of phenolic OH excluding ortho intramolecular Hbond substituents is 1. The summed E-state index contributed by atoms with van der Waals surface area (Å²) in [6, 6.07) is 9.64. The highest BCUT2D eigenvalue weighted by molar-refractivity contribution is 7.98. The molecule has 1 aromatic heterocycles. The summed E-state index contributed by atoms with van der Waals surface area (Å²) in [4.78, 5) is 54.9. The number of H-pyrrole nitrogens is 1. The number of benzene rings is 2. The molecule has 3 amide bonds. The predicted octanol–water partition coefficient (Wildman–Crippen LogP) is 1.93. The molecule has 3 aromatic rings. The quantitative estimate of drug-likeness (QED) is 0.138. The second kappa shape index (κ2) is 15.3. The lowest BCUT2D eigenvalue weighted by Crippen LogP contribution is -2.59. The van der Waals surface area contributed by atoms with Crippen LogP contribution in [-0.4, -0.2) is 75.1 Å². The summed E-state index contributed by atoms with van der Waals surface area (Å²) >= 11 is 1.46. The van der Waals surface area contributed by atoms with Crippen molar-refractivity contribution in [3.8, 4) is 5.75 Å². The van der Waals surface area contributed by atoms with Gasteiger partial charge in [-0.3, -0.25) is 14.4 Å². The van der Waals surface area contributed by atoms with Crippen LogP contribution in [0.5, 0.6) is 5.75 Å². The topological polar surface area (TPSA) is 187 Å². The van der Waals surface area contributed by atoms with Gasteiger partial charge in [0.25, 0.3) is 0 Å². The number of phenols is 1. The van der Waals surface area contributed by atoms with Crippen LogP contribution in [0.25, 0.3) is 10.9 Å². The predicted molar refractivity (Wildman–Crippen MR) is 163 cm³/mol. The number of nitrogens with two attached hydrogens (primary N) is 1. The Morgan fingerprint density at radius 2 is 1.57 bits per heavy atom. The van der Waals surface area contributed by atoms with Gasteiger partial charge in [0.15, 0.2) is 0 Å². The third kappa shape index (κ3) is 8.98. The Morgan fingerprint density at radius 1 is 0.905 bits per heavy atom. The Labute approximate surface area is 249 Å². The number of aromatic nitrogens is 1. The second-order valence-electron chi connectivity index (χ2n) is 10.5. The van der Waals surface area contributed by atoms with Crippen molar-refractivity contribution < 1.29 is 29.4 Å². The van der Waals surface area contributed by atoms with Gasteiger partial charge in [-0.2, -0.15) is 11.8 Å². The Balaban J connectivity index is 1.79. The van der Waals surface area contributed by atoms with Gasteiger partial charge >= 0.3 is 5.97 Å². The van der Waals surface area contributed by atoms with Crippen molar-refractivity contribution in [3.63, 3.8) is 0 Å². The lowest BCUT2D eigenvalue weighted by molar-refractivity contribution is -0.142. The van der Waals surface area contributed by atoms with E-state index < -0.39 is 47.9 Å². The first-order valence-corrected chi connectivity index (χ1v) is 15.1. The smallest absolute Gasteiger partial charge is 0.326 e. The van der Waals surface area contributed by atoms with Crippen LogP contribution in [0.15, 0.2) is 54.7 Å². The van der Waals surface area contributed by atoms with E-state index in [4.69, 9.17) is 5.73 Å². The third-order valence-corrected chi connectivity index (χ3v) is 7.58. The molecule has 0 radical (unpaired) electrons. The van der Waals surface area contributed by atoms with Gasteiger partial charge in [0.05, 0.1) is 6.04 Å². The van der Waals surface area contributed by atoms with E-state index in [0.717, 1.165) is 22.0 Å². The van der Waals surface area contributed by atoms with Crippen LogP contribution in [0.3, 0.4) is 0 Å². The number of aliphatic carboxylic acids is 1. The molecule has 4 atom stereocenters. The molecule has 1 heterocycles. The number of para-hydroxylation sites is 1. The van der Waals surface area contributed by atoms with Gasteiger partial charge in [0.2, 0.25) is 17.7 Å². The van der Waals surface area contributed by atoms with E-state index in [1.165, 1.54) is 23.9 Å². The fourth-order valence-corrected chi connectivity index (χ4v) is 5.00. The third-order valence-electron chi connectivity index (χ3n) is 6.93. The molecule has 0 fully saturated rings. The molecule has 0 saturated carbocycles. The lowest BCUT2D eigenvalue weighted by atomic mass is 9.99. The van der Waals surface area contributed by atoms with E-state index in [0.29, 0.717) is 5.75 Å². The number of fused-ring (bicyclic) bond motifs is 1. The molecule has 3 rings (SSSR count). The molecule has 226 valence electrons. The first kappa shape index (κ1) is 32.5. The number of rotatable bonds is 15. The van der Waals surface area contributed by atoms with Crippen LogP contribution >= 0.6 is 11.8 Å². The number of nitrogens with one attached hydrogen (secondary N) is 4. The second-order valence-corrected chi connectivity index (χ2v) is 11.5. The summed E-state index contributed by atoms with van der Waals surface area (Å²) in [5, 5.41) is 28.0. The summed E-state index contributed by atoms with van der Waals surface area (Å²) in [5.74, 6) is -2.66. The fraction of sp³-hybridized carbons (Fsp3) is 0.400. The Morgan fingerprint density at radius 3 is 2.21 bits per heavy atom. The number of thioether (sulfide) groups is 1. The molecular formula is C30H39N5O6S. The molecule has 42 heavy (non-hydrogen) atoms. The van der Waals surface area contributed by atoms with Gasteiger partial charge in [-0.1, -0.05) is 44.2 Å². The average molecular weight is 598 g/mol. The van der Waals surface area contributed by atoms with Crippen molar-refractivity contribution in [2.75, 3.05) is 12.0 Å². The number of aromatic amines is 1. The van der Waals surface area contributed by atoms with Gasteiger partial charge in [-0.05, 0) is 60.1 Å². The molecule has 2 aromatic carbocycles. The number of carboxylic acids is 1. The van der Waals surface area contributed by atoms with Crippen molar-refractivity contribution in [1.82, 2.24) is 20.9 Å². The zero-order valence-corrected chi connectivity index (χ0v) is 24.7. The molecular weight excluding hydrogens is 558 g/mol. The summed E-state index contributed by atoms with van der Waals surface area (Å²) in [5.41, 5.74) is 8.49. The maximum absolute atomic E-state index is 13.5. The standard InChI is InChI=1S/C30H39N5O6S/c1-17(2)26(35-27(37)22(31)14-18-8-10-20(36)11-9-18)29(39)34-25(28(38)33-24(30(40)41)12-13-42-3)15-19-16-32-23-7-5-4-6-21(19)23/h4-11,16-17,22,24-26,32,36H,12-15,31H2,1-3H3,(H,33,38)(H,34,39)(H,35,37)(H,40,41). The monoisotopic (exact) mass is 597 g/mol. The highest BCUT2D eigenvalue weighted by Crippen LogP contribution is 2.20. The number of aromatic hydroxyl groups is 1. The van der Waals surface area contributed by atoms with Crippen LogP contribution in [0.1, 0.15) is 31.4 Å². The van der Waals surface area contributed by atoms with E-state index in [-0.39, 0.29) is 30.9 Å². The Hall–Kier alpha value is -4.03. The average Bonchev–Trinajstić information content (AvgIpc) is 3.36. The molecule has 12 heteroatoms. The van der Waals surface area contributed by atoms with Crippen molar-refractivity contribution in [1.29, 1.82) is 0 Å². The van der Waals surface area contributed by atoms with Gasteiger partial charge in [0.1, 0.15) is 23.9 Å². The Kier molecular flexibility index (Phi) is 11.8. The normalized spacial score (nSPS) is 14.1. The maximum Gasteiger partial charge on any atom is 0.326 e. The maximum atomic E-state index is 13.5. The van der Waals surface area contributed by atoms with Crippen molar-refractivity contribution in [3.05, 3.63) is 65.9 Å². The van der Waals surface area contributed by atoms with Crippen LogP contribution in [0, 0.1) is 5.92 Å². The van der Waals surface area contributed by atoms with Crippen LogP contribution in [-0.2, 0) is 32.0 Å². The minimum atomic E-state index is -1.16. The molecule has 0 bridgehead atoms. The van der Waals surface area contributed by atoms with Crippen molar-refractivity contribution >= 4 is 46.4 Å². The zero-order valence-electron chi connectivity index (χ0n) is 23.9. The SMILES string of the molecule is CSCCC(NC(=O)C(Cc1c[nH]c2ccccc12)NC(=O)C(NC(=O)C(N)Cc1ccc(O)cc1)C(C)C)C(=O)O. The molecule has 0 spiro atoms. The number of carboxylic acid groups (broad SMARTS) is 1. The minimum absolute atomic E-state index is 0.0928. The van der Waals surface area contributed by atoms with E-state index in [2.05, 4.69) is 20.9 Å². The molecule has 0 aliphatic carbocycles. The molecule has 4 unspecified atom stereocenters.